The molecule has 5 nitrogen and oxygen atoms in total. The van der Waals surface area contributed by atoms with Gasteiger partial charge in [-0.25, -0.2) is 0 Å². The first-order chi connectivity index (χ1) is 13.1. The Morgan fingerprint density at radius 2 is 2.07 bits per heavy atom. The van der Waals surface area contributed by atoms with Gasteiger partial charge in [0, 0.05) is 24.7 Å². The molecular weight excluding hydrogens is 364 g/mol. The van der Waals surface area contributed by atoms with E-state index in [4.69, 9.17) is 16.3 Å². The molecule has 1 saturated carbocycles. The summed E-state index contributed by atoms with van der Waals surface area (Å²) in [5, 5.41) is 14.8. The molecule has 0 atom stereocenters. The SMILES string of the molecule is O=C(NCC1CCCCC1)c1cn(CCC2(O)COC2)c2cccc(Cl)c12. The van der Waals surface area contributed by atoms with Crippen LogP contribution in [-0.2, 0) is 11.3 Å². The fraction of sp³-hybridized carbons (Fsp3) is 0.571. The van der Waals surface area contributed by atoms with Gasteiger partial charge in [0.05, 0.1) is 29.3 Å². The van der Waals surface area contributed by atoms with E-state index in [1.54, 1.807) is 0 Å². The van der Waals surface area contributed by atoms with Gasteiger partial charge in [0.15, 0.2) is 0 Å². The zero-order valence-electron chi connectivity index (χ0n) is 15.5. The molecule has 2 heterocycles. The summed E-state index contributed by atoms with van der Waals surface area (Å²) in [6.45, 7) is 2.10. The van der Waals surface area contributed by atoms with E-state index in [2.05, 4.69) is 5.32 Å². The molecule has 2 aliphatic rings. The van der Waals surface area contributed by atoms with Crippen molar-refractivity contribution in [2.75, 3.05) is 19.8 Å². The first-order valence-electron chi connectivity index (χ1n) is 9.91. The number of nitrogens with one attached hydrogen (secondary N) is 1. The number of hydrogen-bond donors (Lipinski definition) is 2. The minimum atomic E-state index is -0.751. The topological polar surface area (TPSA) is 63.5 Å². The number of aliphatic hydroxyl groups is 1. The fourth-order valence-electron chi connectivity index (χ4n) is 4.20. The average molecular weight is 391 g/mol. The van der Waals surface area contributed by atoms with E-state index in [1.165, 1.54) is 32.1 Å². The second-order valence-electron chi connectivity index (χ2n) is 8.05. The zero-order chi connectivity index (χ0) is 18.9. The van der Waals surface area contributed by atoms with E-state index in [-0.39, 0.29) is 5.91 Å². The number of carbonyl (C=O) groups is 1. The van der Waals surface area contributed by atoms with Gasteiger partial charge < -0.3 is 19.7 Å². The van der Waals surface area contributed by atoms with Crippen molar-refractivity contribution >= 4 is 28.4 Å². The number of aryl methyl sites for hydroxylation is 1. The van der Waals surface area contributed by atoms with Gasteiger partial charge in [-0.2, -0.15) is 0 Å². The molecule has 1 aromatic heterocycles. The van der Waals surface area contributed by atoms with Crippen molar-refractivity contribution in [3.63, 3.8) is 0 Å². The Balaban J connectivity index is 1.53. The smallest absolute Gasteiger partial charge is 0.253 e. The van der Waals surface area contributed by atoms with Gasteiger partial charge in [-0.3, -0.25) is 4.79 Å². The summed E-state index contributed by atoms with van der Waals surface area (Å²) in [5.74, 6) is 0.516. The lowest BCUT2D eigenvalue weighted by Crippen LogP contribution is -2.50. The lowest BCUT2D eigenvalue weighted by Gasteiger charge is -2.36. The molecular formula is C21H27ClN2O3. The molecule has 2 aromatic rings. The van der Waals surface area contributed by atoms with Crippen LogP contribution in [0.3, 0.4) is 0 Å². The van der Waals surface area contributed by atoms with Crippen LogP contribution in [0.5, 0.6) is 0 Å². The molecule has 146 valence electrons. The van der Waals surface area contributed by atoms with E-state index in [9.17, 15) is 9.90 Å². The quantitative estimate of drug-likeness (QED) is 0.789. The molecule has 1 aromatic carbocycles. The maximum Gasteiger partial charge on any atom is 0.253 e. The Labute approximate surface area is 164 Å². The monoisotopic (exact) mass is 390 g/mol. The number of fused-ring (bicyclic) bond motifs is 1. The molecule has 2 N–H and O–H groups in total. The molecule has 1 aliphatic heterocycles. The molecule has 2 fully saturated rings. The maximum atomic E-state index is 12.9. The van der Waals surface area contributed by atoms with Crippen LogP contribution in [0.1, 0.15) is 48.9 Å². The third-order valence-electron chi connectivity index (χ3n) is 5.94. The summed E-state index contributed by atoms with van der Waals surface area (Å²) >= 11 is 6.43. The zero-order valence-corrected chi connectivity index (χ0v) is 16.3. The molecule has 27 heavy (non-hydrogen) atoms. The third-order valence-corrected chi connectivity index (χ3v) is 6.25. The number of benzene rings is 1. The van der Waals surface area contributed by atoms with Crippen molar-refractivity contribution < 1.29 is 14.6 Å². The van der Waals surface area contributed by atoms with Crippen LogP contribution in [0, 0.1) is 5.92 Å². The summed E-state index contributed by atoms with van der Waals surface area (Å²) in [4.78, 5) is 12.9. The molecule has 0 radical (unpaired) electrons. The molecule has 1 aliphatic carbocycles. The first-order valence-corrected chi connectivity index (χ1v) is 10.3. The molecule has 1 amide bonds. The summed E-state index contributed by atoms with van der Waals surface area (Å²) in [6.07, 6.45) is 8.69. The summed E-state index contributed by atoms with van der Waals surface area (Å²) in [7, 11) is 0. The minimum Gasteiger partial charge on any atom is -0.385 e. The number of amides is 1. The predicted molar refractivity (Wildman–Crippen MR) is 106 cm³/mol. The number of hydrogen-bond acceptors (Lipinski definition) is 3. The van der Waals surface area contributed by atoms with Gasteiger partial charge in [-0.05, 0) is 37.3 Å². The van der Waals surface area contributed by atoms with Crippen molar-refractivity contribution in [2.45, 2.75) is 50.7 Å². The number of aromatic nitrogens is 1. The highest BCUT2D eigenvalue weighted by molar-refractivity contribution is 6.36. The van der Waals surface area contributed by atoms with Crippen molar-refractivity contribution in [2.24, 2.45) is 5.92 Å². The first kappa shape index (κ1) is 18.8. The standard InChI is InChI=1S/C21H27ClN2O3/c22-17-7-4-8-18-19(17)16(12-24(18)10-9-21(26)13-27-14-21)20(25)23-11-15-5-2-1-3-6-15/h4,7-8,12,15,26H,1-3,5-6,9-11,13-14H2,(H,23,25). The highest BCUT2D eigenvalue weighted by atomic mass is 35.5. The lowest BCUT2D eigenvalue weighted by atomic mass is 9.89. The van der Waals surface area contributed by atoms with E-state index in [0.717, 1.165) is 17.4 Å². The maximum absolute atomic E-state index is 12.9. The Bertz CT molecular complexity index is 822. The van der Waals surface area contributed by atoms with Gasteiger partial charge in [-0.1, -0.05) is 36.9 Å². The van der Waals surface area contributed by atoms with E-state index in [0.29, 0.717) is 42.7 Å². The van der Waals surface area contributed by atoms with Crippen LogP contribution < -0.4 is 5.32 Å². The van der Waals surface area contributed by atoms with Crippen molar-refractivity contribution in [3.8, 4) is 0 Å². The normalized spacial score (nSPS) is 19.8. The molecule has 0 bridgehead atoms. The second-order valence-corrected chi connectivity index (χ2v) is 8.46. The average Bonchev–Trinajstić information content (AvgIpc) is 3.04. The highest BCUT2D eigenvalue weighted by Gasteiger charge is 2.35. The predicted octanol–water partition coefficient (Wildman–Crippen LogP) is 3.76. The minimum absolute atomic E-state index is 0.0666. The highest BCUT2D eigenvalue weighted by Crippen LogP contribution is 2.31. The van der Waals surface area contributed by atoms with E-state index in [1.807, 2.05) is 29.0 Å². The summed E-state index contributed by atoms with van der Waals surface area (Å²) < 4.78 is 7.14. The van der Waals surface area contributed by atoms with Crippen LogP contribution >= 0.6 is 11.6 Å². The largest absolute Gasteiger partial charge is 0.385 e. The van der Waals surface area contributed by atoms with E-state index >= 15 is 0 Å². The second kappa shape index (κ2) is 7.82. The molecule has 0 unspecified atom stereocenters. The Morgan fingerprint density at radius 3 is 2.78 bits per heavy atom. The van der Waals surface area contributed by atoms with Gasteiger partial charge in [0.2, 0.25) is 0 Å². The van der Waals surface area contributed by atoms with Crippen LogP contribution in [0.4, 0.5) is 0 Å². The van der Waals surface area contributed by atoms with Crippen LogP contribution in [-0.4, -0.2) is 40.9 Å². The van der Waals surface area contributed by atoms with Gasteiger partial charge in [0.25, 0.3) is 5.91 Å². The lowest BCUT2D eigenvalue weighted by molar-refractivity contribution is -0.182. The number of rotatable bonds is 6. The van der Waals surface area contributed by atoms with Crippen LogP contribution in [0.25, 0.3) is 10.9 Å². The van der Waals surface area contributed by atoms with Crippen molar-refractivity contribution in [3.05, 3.63) is 35.0 Å². The van der Waals surface area contributed by atoms with Crippen LogP contribution in [0.15, 0.2) is 24.4 Å². The Morgan fingerprint density at radius 1 is 1.30 bits per heavy atom. The number of ether oxygens (including phenoxy) is 1. The van der Waals surface area contributed by atoms with Crippen LogP contribution in [0.2, 0.25) is 5.02 Å². The van der Waals surface area contributed by atoms with Gasteiger partial charge >= 0.3 is 0 Å². The molecule has 0 spiro atoms. The number of halogens is 1. The number of nitrogens with zero attached hydrogens (tertiary/aromatic N) is 1. The summed E-state index contributed by atoms with van der Waals surface area (Å²) in [5.41, 5.74) is 0.788. The fourth-order valence-corrected chi connectivity index (χ4v) is 4.47. The third kappa shape index (κ3) is 4.00. The Hall–Kier alpha value is -1.56. The van der Waals surface area contributed by atoms with Gasteiger partial charge in [-0.15, -0.1) is 0 Å². The number of carbonyl (C=O) groups excluding carboxylic acids is 1. The van der Waals surface area contributed by atoms with E-state index < -0.39 is 5.60 Å². The molecule has 6 heteroatoms. The van der Waals surface area contributed by atoms with Crippen molar-refractivity contribution in [1.82, 2.24) is 9.88 Å². The Kier molecular flexibility index (Phi) is 5.44. The van der Waals surface area contributed by atoms with Gasteiger partial charge in [0.1, 0.15) is 5.60 Å². The molecule has 4 rings (SSSR count). The van der Waals surface area contributed by atoms with Crippen molar-refractivity contribution in [1.29, 1.82) is 0 Å². The molecule has 1 saturated heterocycles. The summed E-state index contributed by atoms with van der Waals surface area (Å²) in [6, 6.07) is 5.69.